The van der Waals surface area contributed by atoms with Gasteiger partial charge in [0.1, 0.15) is 0 Å². The summed E-state index contributed by atoms with van der Waals surface area (Å²) in [5, 5.41) is 0. The molecule has 0 aliphatic carbocycles. The summed E-state index contributed by atoms with van der Waals surface area (Å²) >= 11 is 0. The molecule has 2 rings (SSSR count). The second-order valence-electron chi connectivity index (χ2n) is 3.15. The lowest BCUT2D eigenvalue weighted by Crippen LogP contribution is -2.05. The van der Waals surface area contributed by atoms with Gasteiger partial charge in [0.05, 0.1) is 0 Å². The molecule has 0 saturated carbocycles. The van der Waals surface area contributed by atoms with Crippen molar-refractivity contribution in [1.82, 2.24) is 9.97 Å². The van der Waals surface area contributed by atoms with Crippen LogP contribution in [0.1, 0.15) is 5.69 Å². The van der Waals surface area contributed by atoms with Crippen molar-refractivity contribution in [2.75, 3.05) is 0 Å². The van der Waals surface area contributed by atoms with Gasteiger partial charge in [-0.3, -0.25) is 9.78 Å². The van der Waals surface area contributed by atoms with Crippen LogP contribution in [0.5, 0.6) is 0 Å². The Morgan fingerprint density at radius 3 is 2.50 bits per heavy atom. The molecule has 0 atom stereocenters. The van der Waals surface area contributed by atoms with Crippen LogP contribution < -0.4 is 5.56 Å². The maximum Gasteiger partial charge on any atom is 0.248 e. The van der Waals surface area contributed by atoms with Crippen LogP contribution in [0.15, 0.2) is 41.5 Å². The van der Waals surface area contributed by atoms with E-state index in [2.05, 4.69) is 9.97 Å². The topological polar surface area (TPSA) is 45.8 Å². The average molecular weight is 186 g/mol. The third kappa shape index (κ3) is 1.71. The summed E-state index contributed by atoms with van der Waals surface area (Å²) in [7, 11) is 0. The summed E-state index contributed by atoms with van der Waals surface area (Å²) in [4.78, 5) is 17.9. The highest BCUT2D eigenvalue weighted by Crippen LogP contribution is 2.16. The lowest BCUT2D eigenvalue weighted by atomic mass is 10.1. The van der Waals surface area contributed by atoms with Crippen molar-refractivity contribution in [2.24, 2.45) is 0 Å². The first-order valence-corrected chi connectivity index (χ1v) is 4.37. The molecule has 0 amide bonds. The summed E-state index contributed by atoms with van der Waals surface area (Å²) in [6.07, 6.45) is 3.43. The van der Waals surface area contributed by atoms with Crippen LogP contribution in [0.3, 0.4) is 0 Å². The molecule has 0 aliphatic heterocycles. The zero-order chi connectivity index (χ0) is 9.97. The summed E-state index contributed by atoms with van der Waals surface area (Å²) in [6, 6.07) is 7.29. The molecular formula is C11H10N2O. The van der Waals surface area contributed by atoms with E-state index in [1.54, 1.807) is 18.5 Å². The van der Waals surface area contributed by atoms with Gasteiger partial charge in [-0.15, -0.1) is 0 Å². The number of aryl methyl sites for hydroxylation is 1. The first-order chi connectivity index (χ1) is 6.75. The molecule has 0 aromatic carbocycles. The highest BCUT2D eigenvalue weighted by atomic mass is 16.1. The Labute approximate surface area is 81.5 Å². The molecule has 0 unspecified atom stereocenters. The van der Waals surface area contributed by atoms with E-state index >= 15 is 0 Å². The molecule has 2 aromatic rings. The minimum atomic E-state index is -0.0724. The molecule has 0 bridgehead atoms. The summed E-state index contributed by atoms with van der Waals surface area (Å²) in [6.45, 7) is 1.87. The van der Waals surface area contributed by atoms with Gasteiger partial charge in [0.15, 0.2) is 0 Å². The van der Waals surface area contributed by atoms with Gasteiger partial charge in [0.25, 0.3) is 0 Å². The standard InChI is InChI=1S/C11H10N2O/c1-8-6-10(7-11(14)13-8)9-2-4-12-5-3-9/h2-7H,1H3,(H,13,14). The van der Waals surface area contributed by atoms with Gasteiger partial charge in [0.2, 0.25) is 5.56 Å². The molecule has 0 aliphatic rings. The summed E-state index contributed by atoms with van der Waals surface area (Å²) in [5.74, 6) is 0. The van der Waals surface area contributed by atoms with Gasteiger partial charge in [-0.05, 0) is 36.2 Å². The van der Waals surface area contributed by atoms with E-state index in [0.29, 0.717) is 0 Å². The fourth-order valence-corrected chi connectivity index (χ4v) is 1.39. The zero-order valence-electron chi connectivity index (χ0n) is 7.82. The molecule has 0 radical (unpaired) electrons. The minimum absolute atomic E-state index is 0.0724. The molecule has 0 fully saturated rings. The first-order valence-electron chi connectivity index (χ1n) is 4.37. The number of nitrogens with zero attached hydrogens (tertiary/aromatic N) is 1. The van der Waals surface area contributed by atoms with Crippen molar-refractivity contribution in [1.29, 1.82) is 0 Å². The number of H-pyrrole nitrogens is 1. The number of hydrogen-bond donors (Lipinski definition) is 1. The van der Waals surface area contributed by atoms with Crippen LogP contribution in [-0.4, -0.2) is 9.97 Å². The quantitative estimate of drug-likeness (QED) is 0.737. The Kier molecular flexibility index (Phi) is 2.14. The second-order valence-corrected chi connectivity index (χ2v) is 3.15. The Morgan fingerprint density at radius 1 is 1.14 bits per heavy atom. The third-order valence-corrected chi connectivity index (χ3v) is 1.99. The number of aromatic nitrogens is 2. The lowest BCUT2D eigenvalue weighted by Gasteiger charge is -2.00. The molecular weight excluding hydrogens is 176 g/mol. The van der Waals surface area contributed by atoms with Gasteiger partial charge in [0, 0.05) is 24.2 Å². The summed E-state index contributed by atoms with van der Waals surface area (Å²) in [5.41, 5.74) is 2.73. The normalized spacial score (nSPS) is 10.1. The minimum Gasteiger partial charge on any atom is -0.326 e. The van der Waals surface area contributed by atoms with Gasteiger partial charge in [-0.25, -0.2) is 0 Å². The maximum atomic E-state index is 11.2. The first kappa shape index (κ1) is 8.69. The van der Waals surface area contributed by atoms with Crippen molar-refractivity contribution < 1.29 is 0 Å². The zero-order valence-corrected chi connectivity index (χ0v) is 7.82. The Morgan fingerprint density at radius 2 is 1.86 bits per heavy atom. The highest BCUT2D eigenvalue weighted by molar-refractivity contribution is 5.62. The van der Waals surface area contributed by atoms with E-state index in [1.165, 1.54) is 0 Å². The molecule has 3 nitrogen and oxygen atoms in total. The number of pyridine rings is 2. The molecule has 2 aromatic heterocycles. The molecule has 3 heteroatoms. The van der Waals surface area contributed by atoms with Crippen LogP contribution >= 0.6 is 0 Å². The van der Waals surface area contributed by atoms with Crippen molar-refractivity contribution in [3.8, 4) is 11.1 Å². The SMILES string of the molecule is Cc1cc(-c2ccncc2)cc(=O)[nH]1. The molecule has 2 heterocycles. The van der Waals surface area contributed by atoms with E-state index in [9.17, 15) is 4.79 Å². The van der Waals surface area contributed by atoms with Gasteiger partial charge >= 0.3 is 0 Å². The van der Waals surface area contributed by atoms with E-state index in [0.717, 1.165) is 16.8 Å². The number of hydrogen-bond acceptors (Lipinski definition) is 2. The van der Waals surface area contributed by atoms with Crippen LogP contribution in [0, 0.1) is 6.92 Å². The Balaban J connectivity index is 2.58. The third-order valence-electron chi connectivity index (χ3n) is 1.99. The maximum absolute atomic E-state index is 11.2. The second kappa shape index (κ2) is 3.46. The summed E-state index contributed by atoms with van der Waals surface area (Å²) < 4.78 is 0. The molecule has 0 saturated heterocycles. The van der Waals surface area contributed by atoms with Crippen molar-refractivity contribution >= 4 is 0 Å². The molecule has 14 heavy (non-hydrogen) atoms. The van der Waals surface area contributed by atoms with Crippen LogP contribution in [0.4, 0.5) is 0 Å². The fraction of sp³-hybridized carbons (Fsp3) is 0.0909. The largest absolute Gasteiger partial charge is 0.326 e. The fourth-order valence-electron chi connectivity index (χ4n) is 1.39. The van der Waals surface area contributed by atoms with E-state index in [4.69, 9.17) is 0 Å². The van der Waals surface area contributed by atoms with Crippen molar-refractivity contribution in [3.05, 3.63) is 52.7 Å². The van der Waals surface area contributed by atoms with Crippen LogP contribution in [0.25, 0.3) is 11.1 Å². The van der Waals surface area contributed by atoms with Gasteiger partial charge < -0.3 is 4.98 Å². The Hall–Kier alpha value is -1.90. The van der Waals surface area contributed by atoms with E-state index in [-0.39, 0.29) is 5.56 Å². The molecule has 1 N–H and O–H groups in total. The van der Waals surface area contributed by atoms with E-state index < -0.39 is 0 Å². The number of nitrogens with one attached hydrogen (secondary N) is 1. The number of rotatable bonds is 1. The van der Waals surface area contributed by atoms with Crippen LogP contribution in [0.2, 0.25) is 0 Å². The molecule has 70 valence electrons. The van der Waals surface area contributed by atoms with E-state index in [1.807, 2.05) is 25.1 Å². The highest BCUT2D eigenvalue weighted by Gasteiger charge is 1.98. The Bertz CT molecular complexity index is 488. The predicted octanol–water partition coefficient (Wildman–Crippen LogP) is 1.75. The monoisotopic (exact) mass is 186 g/mol. The average Bonchev–Trinajstić information content (AvgIpc) is 2.18. The van der Waals surface area contributed by atoms with Gasteiger partial charge in [-0.1, -0.05) is 0 Å². The van der Waals surface area contributed by atoms with Gasteiger partial charge in [-0.2, -0.15) is 0 Å². The number of aromatic amines is 1. The lowest BCUT2D eigenvalue weighted by molar-refractivity contribution is 1.14. The van der Waals surface area contributed by atoms with Crippen LogP contribution in [-0.2, 0) is 0 Å². The predicted molar refractivity (Wildman–Crippen MR) is 55.0 cm³/mol. The van der Waals surface area contributed by atoms with Crippen molar-refractivity contribution in [2.45, 2.75) is 6.92 Å². The molecule has 0 spiro atoms. The smallest absolute Gasteiger partial charge is 0.248 e. The van der Waals surface area contributed by atoms with Crippen molar-refractivity contribution in [3.63, 3.8) is 0 Å².